The third-order valence-corrected chi connectivity index (χ3v) is 2.27. The first-order valence-electron chi connectivity index (χ1n) is 4.13. The maximum absolute atomic E-state index is 11.5. The smallest absolute Gasteiger partial charge is 0.164 e. The van der Waals surface area contributed by atoms with Gasteiger partial charge in [0.25, 0.3) is 0 Å². The van der Waals surface area contributed by atoms with Gasteiger partial charge >= 0.3 is 0 Å². The van der Waals surface area contributed by atoms with Crippen molar-refractivity contribution < 1.29 is 4.79 Å². The zero-order chi connectivity index (χ0) is 9.84. The molecule has 13 heavy (non-hydrogen) atoms. The molecule has 0 N–H and O–H groups in total. The Morgan fingerprint density at radius 3 is 2.69 bits per heavy atom. The van der Waals surface area contributed by atoms with Crippen molar-refractivity contribution in [3.63, 3.8) is 0 Å². The van der Waals surface area contributed by atoms with Gasteiger partial charge in [-0.1, -0.05) is 30.1 Å². The van der Waals surface area contributed by atoms with Crippen LogP contribution >= 0.6 is 23.2 Å². The first-order valence-corrected chi connectivity index (χ1v) is 4.89. The maximum atomic E-state index is 11.5. The minimum atomic E-state index is 0.0509. The molecular weight excluding hydrogens is 207 g/mol. The Morgan fingerprint density at radius 1 is 1.38 bits per heavy atom. The fourth-order valence-corrected chi connectivity index (χ4v) is 1.47. The van der Waals surface area contributed by atoms with Crippen molar-refractivity contribution in [1.29, 1.82) is 0 Å². The van der Waals surface area contributed by atoms with Crippen LogP contribution in [-0.4, -0.2) is 5.78 Å². The van der Waals surface area contributed by atoms with Gasteiger partial charge in [-0.2, -0.15) is 0 Å². The van der Waals surface area contributed by atoms with E-state index in [1.807, 2.05) is 6.92 Å². The zero-order valence-electron chi connectivity index (χ0n) is 7.31. The molecule has 0 atom stereocenters. The minimum absolute atomic E-state index is 0.0509. The summed E-state index contributed by atoms with van der Waals surface area (Å²) < 4.78 is 0. The lowest BCUT2D eigenvalue weighted by Crippen LogP contribution is -1.98. The van der Waals surface area contributed by atoms with Crippen molar-refractivity contribution in [2.24, 2.45) is 0 Å². The third kappa shape index (κ3) is 2.71. The van der Waals surface area contributed by atoms with Gasteiger partial charge in [-0.15, -0.1) is 0 Å². The van der Waals surface area contributed by atoms with E-state index in [0.717, 1.165) is 6.42 Å². The van der Waals surface area contributed by atoms with Crippen molar-refractivity contribution in [2.45, 2.75) is 19.8 Å². The van der Waals surface area contributed by atoms with Crippen LogP contribution in [0.15, 0.2) is 18.2 Å². The van der Waals surface area contributed by atoms with Crippen molar-refractivity contribution in [3.05, 3.63) is 33.8 Å². The average Bonchev–Trinajstić information content (AvgIpc) is 2.09. The number of Topliss-reactive ketones (excluding diaryl/α,β-unsaturated/α-hetero) is 1. The molecule has 0 aromatic heterocycles. The van der Waals surface area contributed by atoms with E-state index in [-0.39, 0.29) is 5.78 Å². The molecular formula is C10H10Cl2O. The second-order valence-electron chi connectivity index (χ2n) is 2.80. The van der Waals surface area contributed by atoms with Gasteiger partial charge in [-0.3, -0.25) is 4.79 Å². The average molecular weight is 217 g/mol. The first-order chi connectivity index (χ1) is 6.15. The molecule has 0 aliphatic heterocycles. The molecule has 0 spiro atoms. The summed E-state index contributed by atoms with van der Waals surface area (Å²) in [6, 6.07) is 4.93. The summed E-state index contributed by atoms with van der Waals surface area (Å²) >= 11 is 11.6. The molecule has 0 amide bonds. The summed E-state index contributed by atoms with van der Waals surface area (Å²) in [5.74, 6) is 0.0509. The van der Waals surface area contributed by atoms with E-state index < -0.39 is 0 Å². The van der Waals surface area contributed by atoms with Crippen LogP contribution in [0.4, 0.5) is 0 Å². The Labute approximate surface area is 87.7 Å². The molecule has 1 aromatic rings. The normalized spacial score (nSPS) is 10.1. The summed E-state index contributed by atoms with van der Waals surface area (Å²) in [5, 5.41) is 1.02. The number of hydrogen-bond acceptors (Lipinski definition) is 1. The zero-order valence-corrected chi connectivity index (χ0v) is 8.82. The highest BCUT2D eigenvalue weighted by Crippen LogP contribution is 2.22. The number of carbonyl (C=O) groups excluding carboxylic acids is 1. The summed E-state index contributed by atoms with van der Waals surface area (Å²) in [6.45, 7) is 1.95. The van der Waals surface area contributed by atoms with Crippen molar-refractivity contribution >= 4 is 29.0 Å². The van der Waals surface area contributed by atoms with Gasteiger partial charge in [0.05, 0.1) is 5.02 Å². The highest BCUT2D eigenvalue weighted by molar-refractivity contribution is 6.35. The molecule has 3 heteroatoms. The molecule has 0 saturated heterocycles. The lowest BCUT2D eigenvalue weighted by atomic mass is 10.1. The van der Waals surface area contributed by atoms with Gasteiger partial charge in [-0.05, 0) is 24.6 Å². The number of benzene rings is 1. The molecule has 1 aromatic carbocycles. The monoisotopic (exact) mass is 216 g/mol. The first kappa shape index (κ1) is 10.6. The van der Waals surface area contributed by atoms with E-state index in [0.29, 0.717) is 22.0 Å². The molecule has 0 saturated carbocycles. The standard InChI is InChI=1S/C10H10Cl2O/c1-2-3-10(13)8-6-7(11)4-5-9(8)12/h4-6H,2-3H2,1H3. The van der Waals surface area contributed by atoms with Crippen LogP contribution in [0.2, 0.25) is 10.0 Å². The Balaban J connectivity index is 2.99. The van der Waals surface area contributed by atoms with E-state index >= 15 is 0 Å². The van der Waals surface area contributed by atoms with Crippen molar-refractivity contribution in [1.82, 2.24) is 0 Å². The molecule has 70 valence electrons. The number of hydrogen-bond donors (Lipinski definition) is 0. The molecule has 0 radical (unpaired) electrons. The van der Waals surface area contributed by atoms with E-state index in [1.54, 1.807) is 18.2 Å². The van der Waals surface area contributed by atoms with Crippen LogP contribution in [0, 0.1) is 0 Å². The van der Waals surface area contributed by atoms with Crippen molar-refractivity contribution in [2.75, 3.05) is 0 Å². The van der Waals surface area contributed by atoms with Gasteiger partial charge in [0, 0.05) is 17.0 Å². The van der Waals surface area contributed by atoms with Gasteiger partial charge in [0.2, 0.25) is 0 Å². The largest absolute Gasteiger partial charge is 0.294 e. The number of carbonyl (C=O) groups is 1. The van der Waals surface area contributed by atoms with E-state index in [4.69, 9.17) is 23.2 Å². The molecule has 0 unspecified atom stereocenters. The molecule has 1 nitrogen and oxygen atoms in total. The SMILES string of the molecule is CCCC(=O)c1cc(Cl)ccc1Cl. The Morgan fingerprint density at radius 2 is 2.08 bits per heavy atom. The predicted octanol–water partition coefficient (Wildman–Crippen LogP) is 3.98. The van der Waals surface area contributed by atoms with Crippen LogP contribution in [0.5, 0.6) is 0 Å². The van der Waals surface area contributed by atoms with Gasteiger partial charge in [0.1, 0.15) is 0 Å². The topological polar surface area (TPSA) is 17.1 Å². The lowest BCUT2D eigenvalue weighted by Gasteiger charge is -2.02. The second-order valence-corrected chi connectivity index (χ2v) is 3.64. The Kier molecular flexibility index (Phi) is 3.76. The van der Waals surface area contributed by atoms with E-state index in [1.165, 1.54) is 0 Å². The highest BCUT2D eigenvalue weighted by Gasteiger charge is 2.09. The van der Waals surface area contributed by atoms with Crippen molar-refractivity contribution in [3.8, 4) is 0 Å². The minimum Gasteiger partial charge on any atom is -0.294 e. The number of halogens is 2. The molecule has 0 aliphatic rings. The maximum Gasteiger partial charge on any atom is 0.164 e. The number of rotatable bonds is 3. The summed E-state index contributed by atoms with van der Waals surface area (Å²) in [4.78, 5) is 11.5. The third-order valence-electron chi connectivity index (χ3n) is 1.71. The summed E-state index contributed by atoms with van der Waals surface area (Å²) in [7, 11) is 0. The van der Waals surface area contributed by atoms with Crippen LogP contribution < -0.4 is 0 Å². The van der Waals surface area contributed by atoms with Gasteiger partial charge in [0.15, 0.2) is 5.78 Å². The summed E-state index contributed by atoms with van der Waals surface area (Å²) in [5.41, 5.74) is 0.524. The molecule has 0 aliphatic carbocycles. The predicted molar refractivity (Wildman–Crippen MR) is 55.7 cm³/mol. The van der Waals surface area contributed by atoms with Crippen LogP contribution in [0.25, 0.3) is 0 Å². The van der Waals surface area contributed by atoms with Crippen LogP contribution in [0.1, 0.15) is 30.1 Å². The Hall–Kier alpha value is -0.530. The fourth-order valence-electron chi connectivity index (χ4n) is 1.07. The van der Waals surface area contributed by atoms with Gasteiger partial charge < -0.3 is 0 Å². The molecule has 0 fully saturated rings. The molecule has 0 heterocycles. The highest BCUT2D eigenvalue weighted by atomic mass is 35.5. The van der Waals surface area contributed by atoms with E-state index in [9.17, 15) is 4.79 Å². The molecule has 0 bridgehead atoms. The lowest BCUT2D eigenvalue weighted by molar-refractivity contribution is 0.0982. The second kappa shape index (κ2) is 4.64. The van der Waals surface area contributed by atoms with Crippen LogP contribution in [0.3, 0.4) is 0 Å². The Bertz CT molecular complexity index is 321. The summed E-state index contributed by atoms with van der Waals surface area (Å²) in [6.07, 6.45) is 1.34. The molecule has 1 rings (SSSR count). The number of ketones is 1. The van der Waals surface area contributed by atoms with Crippen LogP contribution in [-0.2, 0) is 0 Å². The van der Waals surface area contributed by atoms with E-state index in [2.05, 4.69) is 0 Å². The quantitative estimate of drug-likeness (QED) is 0.700. The van der Waals surface area contributed by atoms with Gasteiger partial charge in [-0.25, -0.2) is 0 Å². The fraction of sp³-hybridized carbons (Fsp3) is 0.300.